The van der Waals surface area contributed by atoms with Gasteiger partial charge in [0.05, 0.1) is 23.3 Å². The minimum Gasteiger partial charge on any atom is -0.378 e. The zero-order valence-corrected chi connectivity index (χ0v) is 16.3. The Bertz CT molecular complexity index is 780. The van der Waals surface area contributed by atoms with E-state index in [2.05, 4.69) is 0 Å². The summed E-state index contributed by atoms with van der Waals surface area (Å²) in [5.41, 5.74) is 1.81. The van der Waals surface area contributed by atoms with Gasteiger partial charge in [0.15, 0.2) is 0 Å². The van der Waals surface area contributed by atoms with Gasteiger partial charge in [0.25, 0.3) is 0 Å². The van der Waals surface area contributed by atoms with Gasteiger partial charge >= 0.3 is 0 Å². The average molecular weight is 411 g/mol. The van der Waals surface area contributed by atoms with Crippen molar-refractivity contribution in [1.29, 1.82) is 0 Å². The molecule has 1 fully saturated rings. The molecule has 0 atom stereocenters. The molecule has 0 bridgehead atoms. The van der Waals surface area contributed by atoms with Crippen molar-refractivity contribution in [1.82, 2.24) is 4.90 Å². The van der Waals surface area contributed by atoms with Crippen molar-refractivity contribution in [2.75, 3.05) is 37.7 Å². The smallest absolute Gasteiger partial charge is 0.224 e. The maximum Gasteiger partial charge on any atom is 0.224 e. The molecule has 0 unspecified atom stereocenters. The van der Waals surface area contributed by atoms with Crippen molar-refractivity contribution >= 4 is 34.8 Å². The van der Waals surface area contributed by atoms with E-state index in [9.17, 15) is 9.18 Å². The lowest BCUT2D eigenvalue weighted by atomic mass is 10.1. The van der Waals surface area contributed by atoms with E-state index >= 15 is 0 Å². The number of rotatable bonds is 6. The van der Waals surface area contributed by atoms with Crippen LogP contribution in [0.5, 0.6) is 0 Å². The predicted molar refractivity (Wildman–Crippen MR) is 106 cm³/mol. The van der Waals surface area contributed by atoms with Crippen LogP contribution in [0.2, 0.25) is 10.0 Å². The number of anilines is 1. The number of ether oxygens (including phenoxy) is 1. The van der Waals surface area contributed by atoms with Crippen molar-refractivity contribution in [3.63, 3.8) is 0 Å². The zero-order valence-electron chi connectivity index (χ0n) is 14.8. The Morgan fingerprint density at radius 1 is 1.07 bits per heavy atom. The van der Waals surface area contributed by atoms with Crippen molar-refractivity contribution in [2.24, 2.45) is 0 Å². The van der Waals surface area contributed by atoms with Crippen LogP contribution < -0.4 is 4.90 Å². The molecule has 2 aromatic rings. The molecule has 27 heavy (non-hydrogen) atoms. The third kappa shape index (κ3) is 5.58. The van der Waals surface area contributed by atoms with Crippen LogP contribution in [-0.2, 0) is 16.1 Å². The number of amides is 1. The van der Waals surface area contributed by atoms with Gasteiger partial charge < -0.3 is 14.5 Å². The van der Waals surface area contributed by atoms with Gasteiger partial charge in [0.1, 0.15) is 5.82 Å². The molecule has 3 rings (SSSR count). The lowest BCUT2D eigenvalue weighted by Crippen LogP contribution is -2.42. The summed E-state index contributed by atoms with van der Waals surface area (Å²) in [5, 5.41) is 0.935. The first kappa shape index (κ1) is 19.9. The van der Waals surface area contributed by atoms with E-state index in [-0.39, 0.29) is 11.7 Å². The molecule has 0 aliphatic carbocycles. The monoisotopic (exact) mass is 410 g/mol. The molecule has 0 saturated carbocycles. The number of halogens is 3. The average Bonchev–Trinajstić information content (AvgIpc) is 2.69. The highest BCUT2D eigenvalue weighted by molar-refractivity contribution is 6.42. The van der Waals surface area contributed by atoms with Gasteiger partial charge in [0.2, 0.25) is 5.91 Å². The summed E-state index contributed by atoms with van der Waals surface area (Å²) in [6.45, 7) is 3.48. The third-order valence-corrected chi connectivity index (χ3v) is 5.25. The first-order valence-electron chi connectivity index (χ1n) is 8.83. The SMILES string of the molecule is O=C(CCN(Cc1ccc(F)cc1)c1ccc(Cl)c(Cl)c1)N1CCOCC1. The Morgan fingerprint density at radius 2 is 1.78 bits per heavy atom. The van der Waals surface area contributed by atoms with Crippen molar-refractivity contribution in [3.05, 3.63) is 63.9 Å². The van der Waals surface area contributed by atoms with Crippen LogP contribution in [-0.4, -0.2) is 43.7 Å². The summed E-state index contributed by atoms with van der Waals surface area (Å²) in [6.07, 6.45) is 0.376. The zero-order chi connectivity index (χ0) is 19.2. The standard InChI is InChI=1S/C20H21Cl2FN2O2/c21-18-6-5-17(13-19(18)22)25(14-15-1-3-16(23)4-2-15)8-7-20(26)24-9-11-27-12-10-24/h1-6,13H,7-12,14H2. The number of carbonyl (C=O) groups is 1. The maximum absolute atomic E-state index is 13.2. The first-order valence-corrected chi connectivity index (χ1v) is 9.58. The van der Waals surface area contributed by atoms with Gasteiger partial charge in [0, 0.05) is 38.3 Å². The van der Waals surface area contributed by atoms with Gasteiger partial charge in [-0.1, -0.05) is 35.3 Å². The van der Waals surface area contributed by atoms with E-state index in [4.69, 9.17) is 27.9 Å². The van der Waals surface area contributed by atoms with Crippen LogP contribution in [0, 0.1) is 5.82 Å². The Morgan fingerprint density at radius 3 is 2.44 bits per heavy atom. The second kappa shape index (κ2) is 9.40. The van der Waals surface area contributed by atoms with Crippen molar-refractivity contribution in [2.45, 2.75) is 13.0 Å². The molecule has 1 amide bonds. The quantitative estimate of drug-likeness (QED) is 0.707. The van der Waals surface area contributed by atoms with Crippen LogP contribution >= 0.6 is 23.2 Å². The van der Waals surface area contributed by atoms with Crippen molar-refractivity contribution in [3.8, 4) is 0 Å². The molecule has 7 heteroatoms. The lowest BCUT2D eigenvalue weighted by Gasteiger charge is -2.29. The van der Waals surface area contributed by atoms with Gasteiger partial charge in [-0.2, -0.15) is 0 Å². The number of morpholine rings is 1. The summed E-state index contributed by atoms with van der Waals surface area (Å²) in [4.78, 5) is 16.4. The molecule has 144 valence electrons. The highest BCUT2D eigenvalue weighted by Gasteiger charge is 2.18. The van der Waals surface area contributed by atoms with Gasteiger partial charge in [-0.05, 0) is 35.9 Å². The second-order valence-corrected chi connectivity index (χ2v) is 7.20. The Labute approximate surface area is 168 Å². The van der Waals surface area contributed by atoms with E-state index in [1.54, 1.807) is 24.3 Å². The van der Waals surface area contributed by atoms with E-state index in [1.165, 1.54) is 12.1 Å². The fraction of sp³-hybridized carbons (Fsp3) is 0.350. The third-order valence-electron chi connectivity index (χ3n) is 4.51. The van der Waals surface area contributed by atoms with Crippen molar-refractivity contribution < 1.29 is 13.9 Å². The minimum atomic E-state index is -0.276. The molecule has 0 spiro atoms. The van der Waals surface area contributed by atoms with E-state index in [0.29, 0.717) is 55.9 Å². The Balaban J connectivity index is 1.73. The van der Waals surface area contributed by atoms with Gasteiger partial charge in [-0.25, -0.2) is 4.39 Å². The minimum absolute atomic E-state index is 0.0995. The van der Waals surface area contributed by atoms with Gasteiger partial charge in [-0.15, -0.1) is 0 Å². The summed E-state index contributed by atoms with van der Waals surface area (Å²) < 4.78 is 18.5. The highest BCUT2D eigenvalue weighted by atomic mass is 35.5. The number of nitrogens with zero attached hydrogens (tertiary/aromatic N) is 2. The number of carbonyl (C=O) groups excluding carboxylic acids is 1. The number of benzene rings is 2. The van der Waals surface area contributed by atoms with Crippen LogP contribution in [0.3, 0.4) is 0 Å². The molecular weight excluding hydrogens is 390 g/mol. The van der Waals surface area contributed by atoms with Gasteiger partial charge in [-0.3, -0.25) is 4.79 Å². The molecule has 0 aromatic heterocycles. The molecule has 1 saturated heterocycles. The highest BCUT2D eigenvalue weighted by Crippen LogP contribution is 2.28. The van der Waals surface area contributed by atoms with Crippen LogP contribution in [0.15, 0.2) is 42.5 Å². The number of hydrogen-bond acceptors (Lipinski definition) is 3. The summed E-state index contributed by atoms with van der Waals surface area (Å²) in [5.74, 6) is -0.176. The molecule has 1 heterocycles. The predicted octanol–water partition coefficient (Wildman–Crippen LogP) is 4.39. The fourth-order valence-corrected chi connectivity index (χ4v) is 3.29. The molecule has 2 aromatic carbocycles. The van der Waals surface area contributed by atoms with Crippen LogP contribution in [0.1, 0.15) is 12.0 Å². The number of hydrogen-bond donors (Lipinski definition) is 0. The van der Waals surface area contributed by atoms with E-state index < -0.39 is 0 Å². The molecule has 0 radical (unpaired) electrons. The summed E-state index contributed by atoms with van der Waals surface area (Å²) in [6, 6.07) is 11.7. The largest absolute Gasteiger partial charge is 0.378 e. The maximum atomic E-state index is 13.2. The van der Waals surface area contributed by atoms with E-state index in [0.717, 1.165) is 11.3 Å². The Hall–Kier alpha value is -1.82. The normalized spacial score (nSPS) is 14.3. The topological polar surface area (TPSA) is 32.8 Å². The molecule has 1 aliphatic heterocycles. The molecule has 0 N–H and O–H groups in total. The first-order chi connectivity index (χ1) is 13.0. The summed E-state index contributed by atoms with van der Waals surface area (Å²) in [7, 11) is 0. The molecule has 4 nitrogen and oxygen atoms in total. The Kier molecular flexibility index (Phi) is 6.94. The van der Waals surface area contributed by atoms with Crippen LogP contribution in [0.25, 0.3) is 0 Å². The molecule has 1 aliphatic rings. The second-order valence-electron chi connectivity index (χ2n) is 6.39. The molecular formula is C20H21Cl2FN2O2. The lowest BCUT2D eigenvalue weighted by molar-refractivity contribution is -0.135. The summed E-state index contributed by atoms with van der Waals surface area (Å²) >= 11 is 12.2. The van der Waals surface area contributed by atoms with Crippen LogP contribution in [0.4, 0.5) is 10.1 Å². The van der Waals surface area contributed by atoms with E-state index in [1.807, 2.05) is 15.9 Å². The fourth-order valence-electron chi connectivity index (χ4n) is 2.99.